The van der Waals surface area contributed by atoms with Crippen LogP contribution in [-0.2, 0) is 7.05 Å². The van der Waals surface area contributed by atoms with Gasteiger partial charge in [-0.15, -0.1) is 0 Å². The van der Waals surface area contributed by atoms with Gasteiger partial charge in [0.05, 0.1) is 7.05 Å². The molecule has 6 nitrogen and oxygen atoms in total. The van der Waals surface area contributed by atoms with Gasteiger partial charge in [0.1, 0.15) is 0 Å². The van der Waals surface area contributed by atoms with Gasteiger partial charge in [-0.05, 0) is 35.6 Å². The molecule has 0 bridgehead atoms. The van der Waals surface area contributed by atoms with Crippen LogP contribution in [0.5, 0.6) is 0 Å². The molecule has 0 atom stereocenters. The highest BCUT2D eigenvalue weighted by Gasteiger charge is 2.20. The van der Waals surface area contributed by atoms with Crippen LogP contribution in [0.2, 0.25) is 0 Å². The molecule has 0 unspecified atom stereocenters. The minimum Gasteiger partial charge on any atom is -0.358 e. The molecular formula is C13H12BrN3O3. The molecule has 0 saturated heterocycles. The molecule has 2 aromatic rings. The number of benzene rings is 1. The fourth-order valence-corrected chi connectivity index (χ4v) is 2.16. The van der Waals surface area contributed by atoms with Gasteiger partial charge in [-0.2, -0.15) is 0 Å². The van der Waals surface area contributed by atoms with E-state index in [1.54, 1.807) is 12.1 Å². The molecule has 0 fully saturated rings. The van der Waals surface area contributed by atoms with Crippen molar-refractivity contribution in [3.05, 3.63) is 56.2 Å². The molecule has 0 saturated carbocycles. The van der Waals surface area contributed by atoms with Gasteiger partial charge in [0.15, 0.2) is 5.69 Å². The first kappa shape index (κ1) is 14.3. The van der Waals surface area contributed by atoms with Crippen molar-refractivity contribution in [3.8, 4) is 0 Å². The SMILES string of the molecule is Cc1ccc(NC(=O)c2ccc([N+](=O)[O-])n2C)cc1Br. The molecule has 104 valence electrons. The Labute approximate surface area is 123 Å². The van der Waals surface area contributed by atoms with Crippen molar-refractivity contribution in [2.75, 3.05) is 5.32 Å². The number of hydrogen-bond donors (Lipinski definition) is 1. The van der Waals surface area contributed by atoms with Gasteiger partial charge in [0, 0.05) is 16.2 Å². The first-order valence-corrected chi connectivity index (χ1v) is 6.57. The number of nitrogens with one attached hydrogen (secondary N) is 1. The summed E-state index contributed by atoms with van der Waals surface area (Å²) in [6.45, 7) is 1.94. The summed E-state index contributed by atoms with van der Waals surface area (Å²) in [6.07, 6.45) is 0. The highest BCUT2D eigenvalue weighted by molar-refractivity contribution is 9.10. The predicted molar refractivity (Wildman–Crippen MR) is 78.9 cm³/mol. The van der Waals surface area contributed by atoms with Gasteiger partial charge in [0.25, 0.3) is 5.91 Å². The second-order valence-corrected chi connectivity index (χ2v) is 5.17. The zero-order valence-corrected chi connectivity index (χ0v) is 12.5. The van der Waals surface area contributed by atoms with E-state index in [1.807, 2.05) is 13.0 Å². The van der Waals surface area contributed by atoms with Crippen LogP contribution < -0.4 is 5.32 Å². The molecule has 2 rings (SSSR count). The molecular weight excluding hydrogens is 326 g/mol. The van der Waals surface area contributed by atoms with Crippen molar-refractivity contribution in [1.29, 1.82) is 0 Å². The number of carbonyl (C=O) groups is 1. The lowest BCUT2D eigenvalue weighted by molar-refractivity contribution is -0.391. The highest BCUT2D eigenvalue weighted by atomic mass is 79.9. The largest absolute Gasteiger partial charge is 0.358 e. The van der Waals surface area contributed by atoms with E-state index in [-0.39, 0.29) is 11.5 Å². The standard InChI is InChI=1S/C13H12BrN3O3/c1-8-3-4-9(7-10(8)14)15-13(18)11-5-6-12(16(11)2)17(19)20/h3-7H,1-2H3,(H,15,18). The number of nitrogens with zero attached hydrogens (tertiary/aromatic N) is 2. The van der Waals surface area contributed by atoms with E-state index in [2.05, 4.69) is 21.2 Å². The Morgan fingerprint density at radius 2 is 2.05 bits per heavy atom. The van der Waals surface area contributed by atoms with Crippen LogP contribution >= 0.6 is 15.9 Å². The van der Waals surface area contributed by atoms with E-state index in [4.69, 9.17) is 0 Å². The molecule has 20 heavy (non-hydrogen) atoms. The van der Waals surface area contributed by atoms with Crippen LogP contribution in [0, 0.1) is 17.0 Å². The summed E-state index contributed by atoms with van der Waals surface area (Å²) in [5.74, 6) is -0.517. The summed E-state index contributed by atoms with van der Waals surface area (Å²) >= 11 is 3.38. The molecule has 7 heteroatoms. The predicted octanol–water partition coefficient (Wildman–Crippen LogP) is 3.26. The lowest BCUT2D eigenvalue weighted by Crippen LogP contribution is -2.16. The first-order valence-electron chi connectivity index (χ1n) is 5.78. The summed E-state index contributed by atoms with van der Waals surface area (Å²) in [5, 5.41) is 13.5. The number of halogens is 1. The zero-order valence-electron chi connectivity index (χ0n) is 10.9. The molecule has 1 amide bonds. The number of hydrogen-bond acceptors (Lipinski definition) is 3. The Balaban J connectivity index is 2.24. The van der Waals surface area contributed by atoms with Gasteiger partial charge >= 0.3 is 5.82 Å². The quantitative estimate of drug-likeness (QED) is 0.689. The molecule has 0 aliphatic rings. The van der Waals surface area contributed by atoms with Gasteiger partial charge < -0.3 is 15.4 Å². The monoisotopic (exact) mass is 337 g/mol. The average molecular weight is 338 g/mol. The third kappa shape index (κ3) is 2.72. The number of carbonyl (C=O) groups excluding carboxylic acids is 1. The number of aryl methyl sites for hydroxylation is 1. The minimum absolute atomic E-state index is 0.125. The molecule has 0 radical (unpaired) electrons. The number of aromatic nitrogens is 1. The Hall–Kier alpha value is -2.15. The van der Waals surface area contributed by atoms with Gasteiger partial charge in [-0.3, -0.25) is 4.79 Å². The second kappa shape index (κ2) is 5.46. The number of rotatable bonds is 3. The Morgan fingerprint density at radius 3 is 2.60 bits per heavy atom. The topological polar surface area (TPSA) is 77.2 Å². The summed E-state index contributed by atoms with van der Waals surface area (Å²) in [6, 6.07) is 8.16. The fraction of sp³-hybridized carbons (Fsp3) is 0.154. The van der Waals surface area contributed by atoms with Crippen molar-refractivity contribution in [2.45, 2.75) is 6.92 Å². The second-order valence-electron chi connectivity index (χ2n) is 4.31. The Morgan fingerprint density at radius 1 is 1.35 bits per heavy atom. The van der Waals surface area contributed by atoms with Crippen LogP contribution in [0.3, 0.4) is 0 Å². The van der Waals surface area contributed by atoms with Gasteiger partial charge in [-0.25, -0.2) is 4.57 Å². The third-order valence-corrected chi connectivity index (χ3v) is 3.80. The maximum Gasteiger partial charge on any atom is 0.323 e. The van der Waals surface area contributed by atoms with E-state index >= 15 is 0 Å². The van der Waals surface area contributed by atoms with Crippen LogP contribution in [-0.4, -0.2) is 15.4 Å². The summed E-state index contributed by atoms with van der Waals surface area (Å²) in [7, 11) is 1.48. The Bertz CT molecular complexity index is 694. The van der Waals surface area contributed by atoms with E-state index in [0.29, 0.717) is 5.69 Å². The van der Waals surface area contributed by atoms with Crippen molar-refractivity contribution in [2.24, 2.45) is 7.05 Å². The summed E-state index contributed by atoms with van der Waals surface area (Å²) in [5.41, 5.74) is 1.90. The fourth-order valence-electron chi connectivity index (χ4n) is 1.78. The van der Waals surface area contributed by atoms with Crippen LogP contribution in [0.25, 0.3) is 0 Å². The van der Waals surface area contributed by atoms with Gasteiger partial charge in [-0.1, -0.05) is 22.0 Å². The van der Waals surface area contributed by atoms with Crippen molar-refractivity contribution in [3.63, 3.8) is 0 Å². The molecule has 0 aliphatic carbocycles. The van der Waals surface area contributed by atoms with E-state index in [9.17, 15) is 14.9 Å². The van der Waals surface area contributed by atoms with Crippen molar-refractivity contribution in [1.82, 2.24) is 4.57 Å². The van der Waals surface area contributed by atoms with Crippen molar-refractivity contribution >= 4 is 33.3 Å². The minimum atomic E-state index is -0.529. The maximum absolute atomic E-state index is 12.1. The van der Waals surface area contributed by atoms with Crippen LogP contribution in [0.1, 0.15) is 16.1 Å². The first-order chi connectivity index (χ1) is 9.40. The molecule has 1 N–H and O–H groups in total. The zero-order chi connectivity index (χ0) is 14.9. The van der Waals surface area contributed by atoms with E-state index in [1.165, 1.54) is 23.7 Å². The van der Waals surface area contributed by atoms with Gasteiger partial charge in [0.2, 0.25) is 0 Å². The lowest BCUT2D eigenvalue weighted by Gasteiger charge is -2.06. The number of amides is 1. The highest BCUT2D eigenvalue weighted by Crippen LogP contribution is 2.22. The lowest BCUT2D eigenvalue weighted by atomic mass is 10.2. The molecule has 0 spiro atoms. The third-order valence-electron chi connectivity index (χ3n) is 2.94. The smallest absolute Gasteiger partial charge is 0.323 e. The number of anilines is 1. The normalized spacial score (nSPS) is 10.3. The molecule has 1 heterocycles. The molecule has 1 aromatic carbocycles. The Kier molecular flexibility index (Phi) is 3.89. The summed E-state index contributed by atoms with van der Waals surface area (Å²) < 4.78 is 2.13. The summed E-state index contributed by atoms with van der Waals surface area (Å²) in [4.78, 5) is 22.3. The number of nitro groups is 1. The van der Waals surface area contributed by atoms with Crippen LogP contribution in [0.15, 0.2) is 34.8 Å². The van der Waals surface area contributed by atoms with E-state index in [0.717, 1.165) is 10.0 Å². The van der Waals surface area contributed by atoms with Crippen LogP contribution in [0.4, 0.5) is 11.5 Å². The molecule has 0 aliphatic heterocycles. The maximum atomic E-state index is 12.1. The van der Waals surface area contributed by atoms with Crippen molar-refractivity contribution < 1.29 is 9.72 Å². The molecule has 1 aromatic heterocycles. The average Bonchev–Trinajstić information content (AvgIpc) is 2.76. The van der Waals surface area contributed by atoms with E-state index < -0.39 is 10.8 Å².